The zero-order chi connectivity index (χ0) is 14.4. The number of rotatable bonds is 6. The Morgan fingerprint density at radius 2 is 2.30 bits per heavy atom. The van der Waals surface area contributed by atoms with E-state index >= 15 is 0 Å². The minimum atomic E-state index is 0.0459. The molecule has 1 aliphatic heterocycles. The van der Waals surface area contributed by atoms with Gasteiger partial charge < -0.3 is 10.6 Å². The maximum atomic E-state index is 11.9. The Balaban J connectivity index is 1.72. The number of anilines is 1. The van der Waals surface area contributed by atoms with E-state index in [1.807, 2.05) is 0 Å². The molecule has 112 valence electrons. The van der Waals surface area contributed by atoms with Crippen molar-refractivity contribution >= 4 is 22.4 Å². The van der Waals surface area contributed by atoms with Crippen LogP contribution in [0.15, 0.2) is 0 Å². The highest BCUT2D eigenvalue weighted by atomic mass is 32.1. The molecule has 2 heterocycles. The van der Waals surface area contributed by atoms with Crippen molar-refractivity contribution in [1.82, 2.24) is 15.5 Å². The molecular weight excluding hydrogens is 272 g/mol. The summed E-state index contributed by atoms with van der Waals surface area (Å²) >= 11 is 1.48. The first-order valence-electron chi connectivity index (χ1n) is 7.49. The lowest BCUT2D eigenvalue weighted by Gasteiger charge is -2.22. The normalized spacial score (nSPS) is 19.2. The van der Waals surface area contributed by atoms with Crippen LogP contribution in [0.2, 0.25) is 0 Å². The molecule has 1 saturated heterocycles. The van der Waals surface area contributed by atoms with Gasteiger partial charge in [0.05, 0.1) is 0 Å². The van der Waals surface area contributed by atoms with Gasteiger partial charge in [-0.05, 0) is 31.7 Å². The highest BCUT2D eigenvalue weighted by molar-refractivity contribution is 7.15. The SMILES string of the molecule is CC(C)Cc1nnc(NC(=O)CCC2CCCCN2)s1. The number of carbonyl (C=O) groups is 1. The zero-order valence-corrected chi connectivity index (χ0v) is 13.1. The molecular formula is C14H24N4OS. The molecule has 0 aromatic carbocycles. The minimum absolute atomic E-state index is 0.0459. The van der Waals surface area contributed by atoms with Crippen LogP contribution in [0.1, 0.15) is 51.0 Å². The van der Waals surface area contributed by atoms with E-state index in [-0.39, 0.29) is 5.91 Å². The van der Waals surface area contributed by atoms with Crippen LogP contribution < -0.4 is 10.6 Å². The largest absolute Gasteiger partial charge is 0.314 e. The second kappa shape index (κ2) is 7.69. The predicted molar refractivity (Wildman–Crippen MR) is 82.0 cm³/mol. The third-order valence-electron chi connectivity index (χ3n) is 3.43. The van der Waals surface area contributed by atoms with E-state index < -0.39 is 0 Å². The Hall–Kier alpha value is -1.01. The molecule has 2 rings (SSSR count). The summed E-state index contributed by atoms with van der Waals surface area (Å²) in [6.07, 6.45) is 6.09. The van der Waals surface area contributed by atoms with E-state index in [1.165, 1.54) is 30.6 Å². The summed E-state index contributed by atoms with van der Waals surface area (Å²) in [5, 5.41) is 16.1. The molecule has 5 nitrogen and oxygen atoms in total. The average Bonchev–Trinajstić information content (AvgIpc) is 2.84. The molecule has 20 heavy (non-hydrogen) atoms. The van der Waals surface area contributed by atoms with Gasteiger partial charge >= 0.3 is 0 Å². The Bertz CT molecular complexity index is 427. The number of nitrogens with zero attached hydrogens (tertiary/aromatic N) is 2. The number of piperidine rings is 1. The van der Waals surface area contributed by atoms with Crippen LogP contribution in [0.4, 0.5) is 5.13 Å². The number of hydrogen-bond acceptors (Lipinski definition) is 5. The lowest BCUT2D eigenvalue weighted by molar-refractivity contribution is -0.116. The molecule has 1 unspecified atom stereocenters. The lowest BCUT2D eigenvalue weighted by Crippen LogP contribution is -2.34. The van der Waals surface area contributed by atoms with Gasteiger partial charge in [-0.25, -0.2) is 0 Å². The molecule has 0 bridgehead atoms. The van der Waals surface area contributed by atoms with Gasteiger partial charge in [-0.2, -0.15) is 0 Å². The van der Waals surface area contributed by atoms with Crippen molar-refractivity contribution < 1.29 is 4.79 Å². The topological polar surface area (TPSA) is 66.9 Å². The Labute approximate surface area is 124 Å². The highest BCUT2D eigenvalue weighted by Gasteiger charge is 2.15. The summed E-state index contributed by atoms with van der Waals surface area (Å²) in [6, 6.07) is 0.500. The molecule has 2 N–H and O–H groups in total. The van der Waals surface area contributed by atoms with E-state index in [1.54, 1.807) is 0 Å². The van der Waals surface area contributed by atoms with E-state index in [9.17, 15) is 4.79 Å². The fourth-order valence-electron chi connectivity index (χ4n) is 2.39. The third-order valence-corrected chi connectivity index (χ3v) is 4.29. The first kappa shape index (κ1) is 15.4. The monoisotopic (exact) mass is 296 g/mol. The molecule has 0 aliphatic carbocycles. The molecule has 1 fully saturated rings. The van der Waals surface area contributed by atoms with Crippen LogP contribution in [0.25, 0.3) is 0 Å². The van der Waals surface area contributed by atoms with E-state index in [4.69, 9.17) is 0 Å². The number of amides is 1. The number of carbonyl (C=O) groups excluding carboxylic acids is 1. The average molecular weight is 296 g/mol. The zero-order valence-electron chi connectivity index (χ0n) is 12.3. The molecule has 1 amide bonds. The summed E-state index contributed by atoms with van der Waals surface area (Å²) in [7, 11) is 0. The number of aromatic nitrogens is 2. The molecule has 1 atom stereocenters. The molecule has 1 aliphatic rings. The maximum absolute atomic E-state index is 11.9. The highest BCUT2D eigenvalue weighted by Crippen LogP contribution is 2.19. The van der Waals surface area contributed by atoms with Gasteiger partial charge in [-0.15, -0.1) is 10.2 Å². The van der Waals surface area contributed by atoms with Gasteiger partial charge in [0.2, 0.25) is 11.0 Å². The Kier molecular flexibility index (Phi) is 5.91. The van der Waals surface area contributed by atoms with Crippen molar-refractivity contribution in [3.63, 3.8) is 0 Å². The fourth-order valence-corrected chi connectivity index (χ4v) is 3.36. The van der Waals surface area contributed by atoms with Crippen molar-refractivity contribution in [2.24, 2.45) is 5.92 Å². The molecule has 0 saturated carbocycles. The maximum Gasteiger partial charge on any atom is 0.226 e. The van der Waals surface area contributed by atoms with Gasteiger partial charge in [0, 0.05) is 18.9 Å². The Morgan fingerprint density at radius 3 is 3.00 bits per heavy atom. The van der Waals surface area contributed by atoms with E-state index in [0.29, 0.717) is 23.5 Å². The quantitative estimate of drug-likeness (QED) is 0.847. The van der Waals surface area contributed by atoms with Crippen LogP contribution in [0, 0.1) is 5.92 Å². The molecule has 0 spiro atoms. The first-order chi connectivity index (χ1) is 9.63. The smallest absolute Gasteiger partial charge is 0.226 e. The minimum Gasteiger partial charge on any atom is -0.314 e. The number of hydrogen-bond donors (Lipinski definition) is 2. The van der Waals surface area contributed by atoms with Crippen molar-refractivity contribution in [2.45, 2.75) is 58.4 Å². The van der Waals surface area contributed by atoms with Crippen molar-refractivity contribution in [3.8, 4) is 0 Å². The van der Waals surface area contributed by atoms with Crippen LogP contribution in [0.5, 0.6) is 0 Å². The number of nitrogens with one attached hydrogen (secondary N) is 2. The second-order valence-corrected chi connectivity index (χ2v) is 6.89. The van der Waals surface area contributed by atoms with E-state index in [2.05, 4.69) is 34.7 Å². The van der Waals surface area contributed by atoms with Crippen LogP contribution in [-0.4, -0.2) is 28.7 Å². The third kappa shape index (κ3) is 5.17. The van der Waals surface area contributed by atoms with Crippen molar-refractivity contribution in [2.75, 3.05) is 11.9 Å². The van der Waals surface area contributed by atoms with Crippen LogP contribution in [-0.2, 0) is 11.2 Å². The summed E-state index contributed by atoms with van der Waals surface area (Å²) < 4.78 is 0. The van der Waals surface area contributed by atoms with E-state index in [0.717, 1.165) is 24.4 Å². The van der Waals surface area contributed by atoms with Crippen molar-refractivity contribution in [1.29, 1.82) is 0 Å². The molecule has 6 heteroatoms. The molecule has 0 radical (unpaired) electrons. The Morgan fingerprint density at radius 1 is 1.45 bits per heavy atom. The van der Waals surface area contributed by atoms with Gasteiger partial charge in [-0.3, -0.25) is 4.79 Å². The van der Waals surface area contributed by atoms with Crippen LogP contribution >= 0.6 is 11.3 Å². The van der Waals surface area contributed by atoms with Gasteiger partial charge in [0.15, 0.2) is 0 Å². The standard InChI is InChI=1S/C14H24N4OS/c1-10(2)9-13-17-18-14(20-13)16-12(19)7-6-11-5-3-4-8-15-11/h10-11,15H,3-9H2,1-2H3,(H,16,18,19). The summed E-state index contributed by atoms with van der Waals surface area (Å²) in [4.78, 5) is 11.9. The molecule has 1 aromatic rings. The fraction of sp³-hybridized carbons (Fsp3) is 0.786. The van der Waals surface area contributed by atoms with Gasteiger partial charge in [0.1, 0.15) is 5.01 Å². The summed E-state index contributed by atoms with van der Waals surface area (Å²) in [6.45, 7) is 5.38. The van der Waals surface area contributed by atoms with Crippen molar-refractivity contribution in [3.05, 3.63) is 5.01 Å². The van der Waals surface area contributed by atoms with Gasteiger partial charge in [-0.1, -0.05) is 31.6 Å². The summed E-state index contributed by atoms with van der Waals surface area (Å²) in [5.41, 5.74) is 0. The predicted octanol–water partition coefficient (Wildman–Crippen LogP) is 2.60. The first-order valence-corrected chi connectivity index (χ1v) is 8.30. The van der Waals surface area contributed by atoms with Gasteiger partial charge in [0.25, 0.3) is 0 Å². The lowest BCUT2D eigenvalue weighted by atomic mass is 10.0. The summed E-state index contributed by atoms with van der Waals surface area (Å²) in [5.74, 6) is 0.605. The van der Waals surface area contributed by atoms with Crippen LogP contribution in [0.3, 0.4) is 0 Å². The second-order valence-electron chi connectivity index (χ2n) is 5.83. The molecule has 1 aromatic heterocycles.